The quantitative estimate of drug-likeness (QED) is 0.552. The minimum atomic E-state index is -0.724. The fourth-order valence-corrected chi connectivity index (χ4v) is 58.4. The second-order valence-corrected chi connectivity index (χ2v) is 34.5. The van der Waals surface area contributed by atoms with E-state index in [1.54, 1.807) is 36.3 Å². The van der Waals surface area contributed by atoms with E-state index in [0.717, 1.165) is 0 Å². The number of rotatable bonds is 8. The van der Waals surface area contributed by atoms with Crippen molar-refractivity contribution in [2.24, 2.45) is 0 Å². The van der Waals surface area contributed by atoms with Crippen molar-refractivity contribution >= 4 is 30.6 Å². The molecule has 0 aromatic rings. The first-order valence-corrected chi connectivity index (χ1v) is 18.8. The zero-order chi connectivity index (χ0) is 11.9. The molecule has 0 fully saturated rings. The summed E-state index contributed by atoms with van der Waals surface area (Å²) in [6.07, 6.45) is 0. The van der Waals surface area contributed by atoms with Crippen molar-refractivity contribution in [3.05, 3.63) is 0 Å². The maximum absolute atomic E-state index is 2.49. The van der Waals surface area contributed by atoms with Gasteiger partial charge in [-0.3, -0.25) is 0 Å². The van der Waals surface area contributed by atoms with Crippen LogP contribution in [-0.4, -0.2) is 30.6 Å². The molecule has 0 heterocycles. The summed E-state index contributed by atoms with van der Waals surface area (Å²) >= 11 is 0.394. The van der Waals surface area contributed by atoms with Crippen LogP contribution >= 0.6 is 0 Å². The van der Waals surface area contributed by atoms with Crippen LogP contribution in [0.1, 0.15) is 41.5 Å². The zero-order valence-electron chi connectivity index (χ0n) is 11.7. The Morgan fingerprint density at radius 1 is 0.533 bits per heavy atom. The Hall–Kier alpha value is 1.22. The monoisotopic (exact) mass is 360 g/mol. The van der Waals surface area contributed by atoms with Crippen LogP contribution in [0.2, 0.25) is 36.3 Å². The second-order valence-electron chi connectivity index (χ2n) is 4.59. The van der Waals surface area contributed by atoms with Crippen LogP contribution < -0.4 is 0 Å². The predicted octanol–water partition coefficient (Wildman–Crippen LogP) is 4.70. The van der Waals surface area contributed by atoms with Crippen LogP contribution in [0.15, 0.2) is 0 Å². The van der Waals surface area contributed by atoms with Crippen LogP contribution in [0.3, 0.4) is 0 Å². The van der Waals surface area contributed by atoms with Gasteiger partial charge < -0.3 is 0 Å². The molecule has 0 aromatic carbocycles. The summed E-state index contributed by atoms with van der Waals surface area (Å²) in [5.41, 5.74) is -1.45. The van der Waals surface area contributed by atoms with Crippen LogP contribution in [0.4, 0.5) is 0 Å². The third kappa shape index (κ3) is 4.18. The molecule has 0 aliphatic heterocycles. The van der Waals surface area contributed by atoms with Crippen molar-refractivity contribution in [2.45, 2.75) is 77.8 Å². The summed E-state index contributed by atoms with van der Waals surface area (Å²) in [6.45, 7) is 14.9. The number of hydrogen-bond donors (Lipinski definition) is 0. The molecule has 0 bridgehead atoms. The Labute approximate surface area is 108 Å². The average Bonchev–Trinajstić information content (AvgIpc) is 2.33. The van der Waals surface area contributed by atoms with E-state index in [1.165, 1.54) is 0 Å². The molecule has 0 nitrogen and oxygen atoms in total. The van der Waals surface area contributed by atoms with Crippen molar-refractivity contribution in [3.8, 4) is 0 Å². The summed E-state index contributed by atoms with van der Waals surface area (Å²) < 4.78 is 0. The Bertz CT molecular complexity index is 128. The maximum atomic E-state index is 2.49. The summed E-state index contributed by atoms with van der Waals surface area (Å²) in [5.74, 6) is 0. The van der Waals surface area contributed by atoms with Crippen molar-refractivity contribution in [3.63, 3.8) is 0 Å². The molecule has 0 rings (SSSR count). The van der Waals surface area contributed by atoms with Gasteiger partial charge in [-0.1, -0.05) is 0 Å². The SMILES string of the molecule is CC[Si](CC)(CC)[Te][Si](CC)(CC)CC. The summed E-state index contributed by atoms with van der Waals surface area (Å²) in [5, 5.41) is 0. The first kappa shape index (κ1) is 16.2. The van der Waals surface area contributed by atoms with E-state index in [9.17, 15) is 0 Å². The molecule has 0 saturated heterocycles. The summed E-state index contributed by atoms with van der Waals surface area (Å²) in [4.78, 5) is 0. The second kappa shape index (κ2) is 7.53. The molecular formula is C12H30Si2Te. The fraction of sp³-hybridized carbons (Fsp3) is 1.00. The molecule has 15 heavy (non-hydrogen) atoms. The van der Waals surface area contributed by atoms with E-state index in [0.29, 0.717) is 19.3 Å². The van der Waals surface area contributed by atoms with Gasteiger partial charge in [0.1, 0.15) is 0 Å². The van der Waals surface area contributed by atoms with Crippen molar-refractivity contribution < 1.29 is 0 Å². The van der Waals surface area contributed by atoms with Crippen molar-refractivity contribution in [1.82, 2.24) is 0 Å². The molecule has 0 aromatic heterocycles. The van der Waals surface area contributed by atoms with E-state index in [4.69, 9.17) is 0 Å². The Balaban J connectivity index is 4.74. The Morgan fingerprint density at radius 3 is 0.867 bits per heavy atom. The molecule has 0 aliphatic carbocycles. The standard InChI is InChI=1S/C12H30Si2Te/c1-7-13(8-2,9-3)15-14(10-4,11-5)12-6/h7-12H2,1-6H3. The van der Waals surface area contributed by atoms with Gasteiger partial charge in [0.2, 0.25) is 0 Å². The van der Waals surface area contributed by atoms with Crippen molar-refractivity contribution in [1.29, 1.82) is 0 Å². The van der Waals surface area contributed by atoms with Gasteiger partial charge in [0.05, 0.1) is 0 Å². The van der Waals surface area contributed by atoms with Crippen LogP contribution in [0, 0.1) is 0 Å². The van der Waals surface area contributed by atoms with Gasteiger partial charge in [0, 0.05) is 0 Å². The topological polar surface area (TPSA) is 0 Å². The Morgan fingerprint density at radius 2 is 0.733 bits per heavy atom. The molecule has 0 unspecified atom stereocenters. The van der Waals surface area contributed by atoms with Crippen LogP contribution in [0.25, 0.3) is 0 Å². The van der Waals surface area contributed by atoms with E-state index in [2.05, 4.69) is 41.5 Å². The molecular weight excluding hydrogens is 328 g/mol. The van der Waals surface area contributed by atoms with E-state index >= 15 is 0 Å². The fourth-order valence-electron chi connectivity index (χ4n) is 2.39. The first-order chi connectivity index (χ1) is 7.07. The van der Waals surface area contributed by atoms with E-state index in [1.807, 2.05) is 0 Å². The summed E-state index contributed by atoms with van der Waals surface area (Å²) in [7, 11) is 0. The molecule has 0 radical (unpaired) electrons. The molecule has 0 aliphatic rings. The van der Waals surface area contributed by atoms with Gasteiger partial charge in [-0.25, -0.2) is 0 Å². The van der Waals surface area contributed by atoms with Gasteiger partial charge in [0.25, 0.3) is 0 Å². The number of hydrogen-bond acceptors (Lipinski definition) is 0. The van der Waals surface area contributed by atoms with Gasteiger partial charge in [-0.05, 0) is 0 Å². The van der Waals surface area contributed by atoms with Crippen LogP contribution in [-0.2, 0) is 0 Å². The summed E-state index contributed by atoms with van der Waals surface area (Å²) in [6, 6.07) is 9.48. The van der Waals surface area contributed by atoms with E-state index in [-0.39, 0.29) is 0 Å². The van der Waals surface area contributed by atoms with Gasteiger partial charge >= 0.3 is 108 Å². The average molecular weight is 358 g/mol. The van der Waals surface area contributed by atoms with Gasteiger partial charge in [0.15, 0.2) is 0 Å². The molecule has 0 N–H and O–H groups in total. The van der Waals surface area contributed by atoms with E-state index < -0.39 is 11.2 Å². The molecule has 0 saturated carbocycles. The van der Waals surface area contributed by atoms with Gasteiger partial charge in [-0.15, -0.1) is 0 Å². The molecule has 0 amide bonds. The normalized spacial score (nSPS) is 13.2. The van der Waals surface area contributed by atoms with Crippen molar-refractivity contribution in [2.75, 3.05) is 0 Å². The zero-order valence-corrected chi connectivity index (χ0v) is 16.0. The third-order valence-electron chi connectivity index (χ3n) is 4.30. The molecule has 92 valence electrons. The molecule has 3 heteroatoms. The minimum absolute atomic E-state index is 0.394. The van der Waals surface area contributed by atoms with Gasteiger partial charge in [-0.2, -0.15) is 0 Å². The first-order valence-electron chi connectivity index (χ1n) is 6.77. The Kier molecular flexibility index (Phi) is 8.14. The molecule has 0 atom stereocenters. The predicted molar refractivity (Wildman–Crippen MR) is 80.1 cm³/mol. The molecule has 0 spiro atoms. The third-order valence-corrected chi connectivity index (χ3v) is 52.6. The van der Waals surface area contributed by atoms with Crippen LogP contribution in [0.5, 0.6) is 0 Å².